The van der Waals surface area contributed by atoms with Gasteiger partial charge in [0.05, 0.1) is 13.2 Å². The second kappa shape index (κ2) is 4.05. The number of H-pyrrole nitrogens is 2. The lowest BCUT2D eigenvalue weighted by Gasteiger charge is -2.05. The summed E-state index contributed by atoms with van der Waals surface area (Å²) in [5.41, 5.74) is 5.48. The highest BCUT2D eigenvalue weighted by Crippen LogP contribution is 2.24. The van der Waals surface area contributed by atoms with Crippen LogP contribution in [-0.2, 0) is 9.47 Å². The highest BCUT2D eigenvalue weighted by molar-refractivity contribution is 5.70. The number of fused-ring (bicyclic) bond motifs is 1. The molecule has 0 radical (unpaired) electrons. The van der Waals surface area contributed by atoms with Gasteiger partial charge >= 0.3 is 0 Å². The summed E-state index contributed by atoms with van der Waals surface area (Å²) in [7, 11) is 0. The summed E-state index contributed by atoms with van der Waals surface area (Å²) >= 11 is 0. The SMILES string of the molecule is Nc1nc2nc(C3COC(CO)O3)[nH]c2c(=O)[nH]1. The number of nitrogens with zero attached hydrogens (tertiary/aromatic N) is 2. The van der Waals surface area contributed by atoms with Crippen LogP contribution >= 0.6 is 0 Å². The van der Waals surface area contributed by atoms with Gasteiger partial charge in [0.1, 0.15) is 11.9 Å². The Hall–Kier alpha value is -1.97. The van der Waals surface area contributed by atoms with Gasteiger partial charge in [0.2, 0.25) is 5.95 Å². The molecule has 3 rings (SSSR count). The number of nitrogen functional groups attached to an aromatic ring is 1. The van der Waals surface area contributed by atoms with Crippen LogP contribution in [-0.4, -0.2) is 44.5 Å². The Balaban J connectivity index is 1.99. The third-order valence-corrected chi connectivity index (χ3v) is 2.60. The number of ether oxygens (including phenoxy) is 2. The summed E-state index contributed by atoms with van der Waals surface area (Å²) < 4.78 is 10.5. The molecule has 0 bridgehead atoms. The summed E-state index contributed by atoms with van der Waals surface area (Å²) in [5.74, 6) is 0.423. The number of hydrogen-bond acceptors (Lipinski definition) is 7. The van der Waals surface area contributed by atoms with Crippen LogP contribution < -0.4 is 11.3 Å². The van der Waals surface area contributed by atoms with E-state index in [1.807, 2.05) is 0 Å². The van der Waals surface area contributed by atoms with Gasteiger partial charge in [-0.3, -0.25) is 9.78 Å². The molecule has 0 spiro atoms. The van der Waals surface area contributed by atoms with Crippen molar-refractivity contribution in [3.05, 3.63) is 16.2 Å². The number of nitrogens with one attached hydrogen (secondary N) is 2. The van der Waals surface area contributed by atoms with Crippen molar-refractivity contribution >= 4 is 17.1 Å². The lowest BCUT2D eigenvalue weighted by atomic mass is 10.4. The molecule has 1 aliphatic heterocycles. The van der Waals surface area contributed by atoms with Crippen LogP contribution in [0.4, 0.5) is 5.95 Å². The monoisotopic (exact) mass is 253 g/mol. The average molecular weight is 253 g/mol. The predicted octanol–water partition coefficient (Wildman–Crippen LogP) is -1.37. The fourth-order valence-electron chi connectivity index (χ4n) is 1.79. The fourth-order valence-corrected chi connectivity index (χ4v) is 1.79. The van der Waals surface area contributed by atoms with E-state index in [1.54, 1.807) is 0 Å². The minimum absolute atomic E-state index is 0.00220. The second-order valence-corrected chi connectivity index (χ2v) is 3.84. The van der Waals surface area contributed by atoms with Crippen LogP contribution in [0, 0.1) is 0 Å². The Morgan fingerprint density at radius 3 is 3.00 bits per heavy atom. The van der Waals surface area contributed by atoms with Gasteiger partial charge in [-0.2, -0.15) is 4.98 Å². The van der Waals surface area contributed by atoms with E-state index in [9.17, 15) is 4.79 Å². The first kappa shape index (κ1) is 11.1. The van der Waals surface area contributed by atoms with Crippen LogP contribution in [0.1, 0.15) is 11.9 Å². The fraction of sp³-hybridized carbons (Fsp3) is 0.444. The smallest absolute Gasteiger partial charge is 0.278 e. The third-order valence-electron chi connectivity index (χ3n) is 2.60. The molecule has 1 fully saturated rings. The topological polar surface area (TPSA) is 139 Å². The van der Waals surface area contributed by atoms with E-state index in [4.69, 9.17) is 20.3 Å². The molecule has 2 unspecified atom stereocenters. The van der Waals surface area contributed by atoms with E-state index in [-0.39, 0.29) is 30.3 Å². The molecule has 0 aromatic carbocycles. The van der Waals surface area contributed by atoms with Crippen molar-refractivity contribution in [2.24, 2.45) is 0 Å². The van der Waals surface area contributed by atoms with Crippen molar-refractivity contribution < 1.29 is 14.6 Å². The number of aliphatic hydroxyl groups excluding tert-OH is 1. The second-order valence-electron chi connectivity index (χ2n) is 3.84. The van der Waals surface area contributed by atoms with Crippen LogP contribution in [0.25, 0.3) is 11.2 Å². The first-order valence-electron chi connectivity index (χ1n) is 5.30. The summed E-state index contributed by atoms with van der Waals surface area (Å²) in [4.78, 5) is 24.8. The zero-order valence-electron chi connectivity index (χ0n) is 9.21. The van der Waals surface area contributed by atoms with Crippen LogP contribution in [0.15, 0.2) is 4.79 Å². The Bertz CT molecular complexity index is 635. The molecule has 0 saturated carbocycles. The first-order valence-corrected chi connectivity index (χ1v) is 5.30. The molecule has 2 aromatic rings. The maximum atomic E-state index is 11.6. The normalized spacial score (nSPS) is 23.8. The molecule has 0 aliphatic carbocycles. The van der Waals surface area contributed by atoms with Crippen molar-refractivity contribution in [2.75, 3.05) is 18.9 Å². The van der Waals surface area contributed by atoms with Gasteiger partial charge in [-0.05, 0) is 0 Å². The van der Waals surface area contributed by atoms with E-state index in [2.05, 4.69) is 19.9 Å². The average Bonchev–Trinajstić information content (AvgIpc) is 2.93. The lowest BCUT2D eigenvalue weighted by Crippen LogP contribution is -2.13. The van der Waals surface area contributed by atoms with Crippen molar-refractivity contribution in [2.45, 2.75) is 12.4 Å². The Labute approximate surface area is 100.0 Å². The van der Waals surface area contributed by atoms with Gasteiger partial charge in [0, 0.05) is 0 Å². The van der Waals surface area contributed by atoms with Crippen molar-refractivity contribution in [3.63, 3.8) is 0 Å². The summed E-state index contributed by atoms with van der Waals surface area (Å²) in [6.45, 7) is 0.0148. The van der Waals surface area contributed by atoms with E-state index in [0.717, 1.165) is 0 Å². The maximum absolute atomic E-state index is 11.6. The Morgan fingerprint density at radius 1 is 1.44 bits per heavy atom. The van der Waals surface area contributed by atoms with E-state index in [0.29, 0.717) is 5.82 Å². The van der Waals surface area contributed by atoms with Gasteiger partial charge in [-0.15, -0.1) is 0 Å². The predicted molar refractivity (Wildman–Crippen MR) is 59.6 cm³/mol. The number of aliphatic hydroxyl groups is 1. The molecule has 18 heavy (non-hydrogen) atoms. The molecule has 3 heterocycles. The first-order chi connectivity index (χ1) is 8.67. The zero-order valence-corrected chi connectivity index (χ0v) is 9.21. The molecule has 5 N–H and O–H groups in total. The van der Waals surface area contributed by atoms with Gasteiger partial charge in [0.25, 0.3) is 5.56 Å². The largest absolute Gasteiger partial charge is 0.391 e. The van der Waals surface area contributed by atoms with Crippen LogP contribution in [0.2, 0.25) is 0 Å². The molecule has 2 atom stereocenters. The van der Waals surface area contributed by atoms with Crippen LogP contribution in [0.3, 0.4) is 0 Å². The lowest BCUT2D eigenvalue weighted by molar-refractivity contribution is -0.0890. The minimum Gasteiger partial charge on any atom is -0.391 e. The summed E-state index contributed by atoms with van der Waals surface area (Å²) in [5, 5.41) is 8.89. The van der Waals surface area contributed by atoms with E-state index < -0.39 is 18.0 Å². The zero-order chi connectivity index (χ0) is 12.7. The van der Waals surface area contributed by atoms with E-state index in [1.165, 1.54) is 0 Å². The molecule has 2 aromatic heterocycles. The molecule has 0 amide bonds. The molecular formula is C9H11N5O4. The standard InChI is InChI=1S/C9H11N5O4/c10-9-13-7-5(8(16)14-9)11-6(12-7)3-2-17-4(1-15)18-3/h3-4,15H,1-2H2,(H4,10,11,12,13,14,16). The Kier molecular flexibility index (Phi) is 2.51. The highest BCUT2D eigenvalue weighted by atomic mass is 16.7. The van der Waals surface area contributed by atoms with Gasteiger partial charge in [-0.1, -0.05) is 0 Å². The van der Waals surface area contributed by atoms with Gasteiger partial charge in [-0.25, -0.2) is 4.98 Å². The molecule has 1 saturated heterocycles. The number of anilines is 1. The molecule has 1 aliphatic rings. The number of aromatic amines is 2. The Morgan fingerprint density at radius 2 is 2.28 bits per heavy atom. The summed E-state index contributed by atoms with van der Waals surface area (Å²) in [6, 6.07) is 0. The van der Waals surface area contributed by atoms with Crippen molar-refractivity contribution in [3.8, 4) is 0 Å². The summed E-state index contributed by atoms with van der Waals surface area (Å²) in [6.07, 6.45) is -1.13. The molecule has 9 nitrogen and oxygen atoms in total. The van der Waals surface area contributed by atoms with Gasteiger partial charge in [0.15, 0.2) is 17.5 Å². The number of imidazole rings is 1. The number of aromatic nitrogens is 4. The maximum Gasteiger partial charge on any atom is 0.278 e. The number of hydrogen-bond donors (Lipinski definition) is 4. The molecule has 9 heteroatoms. The third kappa shape index (κ3) is 1.74. The van der Waals surface area contributed by atoms with Crippen LogP contribution in [0.5, 0.6) is 0 Å². The number of rotatable bonds is 2. The molecule has 96 valence electrons. The molecular weight excluding hydrogens is 242 g/mol. The van der Waals surface area contributed by atoms with Gasteiger partial charge < -0.3 is 25.3 Å². The van der Waals surface area contributed by atoms with Crippen molar-refractivity contribution in [1.29, 1.82) is 0 Å². The number of nitrogens with two attached hydrogens (primary N) is 1. The van der Waals surface area contributed by atoms with E-state index >= 15 is 0 Å². The highest BCUT2D eigenvalue weighted by Gasteiger charge is 2.29. The minimum atomic E-state index is -0.667. The quantitative estimate of drug-likeness (QED) is 0.518. The van der Waals surface area contributed by atoms with Crippen molar-refractivity contribution in [1.82, 2.24) is 19.9 Å².